The zero-order chi connectivity index (χ0) is 13.8. The minimum absolute atomic E-state index is 0.0904. The van der Waals surface area contributed by atoms with E-state index in [1.807, 2.05) is 19.1 Å². The van der Waals surface area contributed by atoms with Crippen molar-refractivity contribution in [2.75, 3.05) is 5.73 Å². The maximum atomic E-state index is 12.0. The average Bonchev–Trinajstić information content (AvgIpc) is 2.44. The normalized spacial score (nSPS) is 10.6. The Morgan fingerprint density at radius 2 is 2.16 bits per heavy atom. The fourth-order valence-electron chi connectivity index (χ4n) is 1.89. The number of hydrogen-bond acceptors (Lipinski definition) is 4. The standard InChI is InChI=1S/C13H16N4O2/c1-2-16-9-11(14)12(18)17(13(16)19)7-5-10-4-3-6-15-8-10/h3-4,6,8-9H,2,5,7,14H2,1H3. The van der Waals surface area contributed by atoms with Gasteiger partial charge < -0.3 is 5.73 Å². The summed E-state index contributed by atoms with van der Waals surface area (Å²) < 4.78 is 2.60. The van der Waals surface area contributed by atoms with Gasteiger partial charge in [0.05, 0.1) is 0 Å². The minimum Gasteiger partial charge on any atom is -0.393 e. The average molecular weight is 260 g/mol. The van der Waals surface area contributed by atoms with Crippen LogP contribution in [0.4, 0.5) is 5.69 Å². The first kappa shape index (κ1) is 13.1. The number of aromatic nitrogens is 3. The van der Waals surface area contributed by atoms with Crippen molar-refractivity contribution in [2.24, 2.45) is 0 Å². The highest BCUT2D eigenvalue weighted by Gasteiger charge is 2.08. The maximum absolute atomic E-state index is 12.0. The van der Waals surface area contributed by atoms with Gasteiger partial charge in [-0.3, -0.25) is 18.9 Å². The van der Waals surface area contributed by atoms with Gasteiger partial charge in [0.2, 0.25) is 0 Å². The summed E-state index contributed by atoms with van der Waals surface area (Å²) in [5.41, 5.74) is 5.93. The van der Waals surface area contributed by atoms with Gasteiger partial charge in [0, 0.05) is 31.7 Å². The lowest BCUT2D eigenvalue weighted by Gasteiger charge is -2.09. The number of nitrogen functional groups attached to an aromatic ring is 1. The Labute approximate surface area is 110 Å². The van der Waals surface area contributed by atoms with E-state index in [0.717, 1.165) is 5.56 Å². The lowest BCUT2D eigenvalue weighted by molar-refractivity contribution is 0.567. The van der Waals surface area contributed by atoms with Gasteiger partial charge >= 0.3 is 5.69 Å². The van der Waals surface area contributed by atoms with Crippen LogP contribution >= 0.6 is 0 Å². The molecular formula is C13H16N4O2. The third-order valence-electron chi connectivity index (χ3n) is 2.95. The van der Waals surface area contributed by atoms with Gasteiger partial charge in [-0.1, -0.05) is 6.07 Å². The minimum atomic E-state index is -0.432. The number of anilines is 1. The molecule has 0 aromatic carbocycles. The first-order valence-corrected chi connectivity index (χ1v) is 6.12. The van der Waals surface area contributed by atoms with Crippen molar-refractivity contribution in [2.45, 2.75) is 26.4 Å². The Morgan fingerprint density at radius 1 is 1.37 bits per heavy atom. The van der Waals surface area contributed by atoms with Gasteiger partial charge in [0.1, 0.15) is 5.69 Å². The lowest BCUT2D eigenvalue weighted by atomic mass is 10.2. The molecule has 0 radical (unpaired) electrons. The summed E-state index contributed by atoms with van der Waals surface area (Å²) in [4.78, 5) is 27.9. The summed E-state index contributed by atoms with van der Waals surface area (Å²) >= 11 is 0. The van der Waals surface area contributed by atoms with Gasteiger partial charge in [-0.25, -0.2) is 4.79 Å². The van der Waals surface area contributed by atoms with Crippen LogP contribution < -0.4 is 17.0 Å². The Bertz CT molecular complexity index is 673. The van der Waals surface area contributed by atoms with Gasteiger partial charge in [-0.15, -0.1) is 0 Å². The molecule has 0 amide bonds. The molecule has 0 saturated heterocycles. The summed E-state index contributed by atoms with van der Waals surface area (Å²) in [7, 11) is 0. The van der Waals surface area contributed by atoms with Crippen LogP contribution in [-0.4, -0.2) is 14.1 Å². The summed E-state index contributed by atoms with van der Waals surface area (Å²) in [5.74, 6) is 0. The van der Waals surface area contributed by atoms with Crippen molar-refractivity contribution in [3.8, 4) is 0 Å². The zero-order valence-electron chi connectivity index (χ0n) is 10.7. The number of rotatable bonds is 4. The van der Waals surface area contributed by atoms with E-state index >= 15 is 0 Å². The molecule has 2 aromatic rings. The van der Waals surface area contributed by atoms with Crippen molar-refractivity contribution >= 4 is 5.69 Å². The SMILES string of the molecule is CCn1cc(N)c(=O)n(CCc2cccnc2)c1=O. The van der Waals surface area contributed by atoms with E-state index in [0.29, 0.717) is 19.5 Å². The Morgan fingerprint density at radius 3 is 2.79 bits per heavy atom. The lowest BCUT2D eigenvalue weighted by Crippen LogP contribution is -2.40. The number of nitrogens with zero attached hydrogens (tertiary/aromatic N) is 3. The topological polar surface area (TPSA) is 82.9 Å². The van der Waals surface area contributed by atoms with Crippen LogP contribution in [-0.2, 0) is 19.5 Å². The predicted octanol–water partition coefficient (Wildman–Crippen LogP) is 0.250. The molecule has 0 aliphatic rings. The van der Waals surface area contributed by atoms with Crippen molar-refractivity contribution in [1.29, 1.82) is 0 Å². The summed E-state index contributed by atoms with van der Waals surface area (Å²) in [6, 6.07) is 3.73. The van der Waals surface area contributed by atoms with Crippen molar-refractivity contribution in [1.82, 2.24) is 14.1 Å². The number of nitrogens with two attached hydrogens (primary N) is 1. The van der Waals surface area contributed by atoms with Crippen LogP contribution in [0.3, 0.4) is 0 Å². The molecule has 0 saturated carbocycles. The Balaban J connectivity index is 2.33. The first-order chi connectivity index (χ1) is 9.13. The third kappa shape index (κ3) is 2.73. The van der Waals surface area contributed by atoms with Crippen LogP contribution in [0.15, 0.2) is 40.3 Å². The molecule has 2 aromatic heterocycles. The molecule has 0 aliphatic heterocycles. The fraction of sp³-hybridized carbons (Fsp3) is 0.308. The van der Waals surface area contributed by atoms with E-state index in [2.05, 4.69) is 4.98 Å². The molecule has 19 heavy (non-hydrogen) atoms. The van der Waals surface area contributed by atoms with E-state index in [1.165, 1.54) is 15.3 Å². The maximum Gasteiger partial charge on any atom is 0.331 e. The predicted molar refractivity (Wildman–Crippen MR) is 73.0 cm³/mol. The molecule has 6 heteroatoms. The van der Waals surface area contributed by atoms with Gasteiger partial charge in [-0.05, 0) is 25.0 Å². The smallest absolute Gasteiger partial charge is 0.331 e. The highest BCUT2D eigenvalue weighted by molar-refractivity contribution is 5.31. The van der Waals surface area contributed by atoms with E-state index in [4.69, 9.17) is 5.73 Å². The number of pyridine rings is 1. The monoisotopic (exact) mass is 260 g/mol. The molecular weight excluding hydrogens is 244 g/mol. The highest BCUT2D eigenvalue weighted by Crippen LogP contribution is 1.98. The molecule has 0 bridgehead atoms. The Hall–Kier alpha value is -2.37. The molecule has 6 nitrogen and oxygen atoms in total. The van der Waals surface area contributed by atoms with E-state index < -0.39 is 5.56 Å². The largest absolute Gasteiger partial charge is 0.393 e. The van der Waals surface area contributed by atoms with E-state index in [-0.39, 0.29) is 11.4 Å². The van der Waals surface area contributed by atoms with E-state index in [1.54, 1.807) is 12.4 Å². The zero-order valence-corrected chi connectivity index (χ0v) is 10.7. The summed E-state index contributed by atoms with van der Waals surface area (Å²) in [6.45, 7) is 2.61. The first-order valence-electron chi connectivity index (χ1n) is 6.12. The molecule has 2 rings (SSSR count). The molecule has 0 fully saturated rings. The van der Waals surface area contributed by atoms with Gasteiger partial charge in [0.25, 0.3) is 5.56 Å². The van der Waals surface area contributed by atoms with Crippen LogP contribution in [0.5, 0.6) is 0 Å². The van der Waals surface area contributed by atoms with Crippen LogP contribution in [0, 0.1) is 0 Å². The number of hydrogen-bond donors (Lipinski definition) is 1. The molecule has 2 heterocycles. The van der Waals surface area contributed by atoms with E-state index in [9.17, 15) is 9.59 Å². The second-order valence-electron chi connectivity index (χ2n) is 4.22. The third-order valence-corrected chi connectivity index (χ3v) is 2.95. The quantitative estimate of drug-likeness (QED) is 0.854. The van der Waals surface area contributed by atoms with Gasteiger partial charge in [-0.2, -0.15) is 0 Å². The Kier molecular flexibility index (Phi) is 3.79. The second-order valence-corrected chi connectivity index (χ2v) is 4.22. The van der Waals surface area contributed by atoms with Crippen molar-refractivity contribution in [3.63, 3.8) is 0 Å². The van der Waals surface area contributed by atoms with Crippen LogP contribution in [0.25, 0.3) is 0 Å². The summed E-state index contributed by atoms with van der Waals surface area (Å²) in [5, 5.41) is 0. The second kappa shape index (κ2) is 5.51. The molecule has 100 valence electrons. The number of aryl methyl sites for hydroxylation is 2. The fourth-order valence-corrected chi connectivity index (χ4v) is 1.89. The molecule has 0 spiro atoms. The van der Waals surface area contributed by atoms with Crippen LogP contribution in [0.1, 0.15) is 12.5 Å². The molecule has 0 unspecified atom stereocenters. The van der Waals surface area contributed by atoms with Crippen molar-refractivity contribution < 1.29 is 0 Å². The summed E-state index contributed by atoms with van der Waals surface area (Å²) in [6.07, 6.45) is 5.36. The molecule has 0 aliphatic carbocycles. The van der Waals surface area contributed by atoms with Crippen LogP contribution in [0.2, 0.25) is 0 Å². The highest BCUT2D eigenvalue weighted by atomic mass is 16.2. The van der Waals surface area contributed by atoms with Crippen molar-refractivity contribution in [3.05, 3.63) is 57.1 Å². The molecule has 2 N–H and O–H groups in total. The van der Waals surface area contributed by atoms with Gasteiger partial charge in [0.15, 0.2) is 0 Å². The molecule has 0 atom stereocenters.